The number of unbranched alkanes of at least 4 members (excludes halogenated alkanes) is 3. The molecule has 34 heavy (non-hydrogen) atoms. The van der Waals surface area contributed by atoms with Crippen molar-refractivity contribution in [2.24, 2.45) is 0 Å². The van der Waals surface area contributed by atoms with E-state index in [0.29, 0.717) is 13.0 Å². The Bertz CT molecular complexity index is 1200. The number of benzene rings is 3. The lowest BCUT2D eigenvalue weighted by Crippen LogP contribution is -2.10. The van der Waals surface area contributed by atoms with Crippen LogP contribution in [-0.4, -0.2) is 28.2 Å². The molecule has 0 amide bonds. The highest BCUT2D eigenvalue weighted by Gasteiger charge is 2.15. The Hall–Kier alpha value is -3.60. The second-order valence-corrected chi connectivity index (χ2v) is 8.67. The summed E-state index contributed by atoms with van der Waals surface area (Å²) in [6, 6.07) is 26.6. The average Bonchev–Trinajstić information content (AvgIpc) is 3.23. The molecule has 176 valence electrons. The lowest BCUT2D eigenvalue weighted by Gasteiger charge is -2.11. The van der Waals surface area contributed by atoms with E-state index < -0.39 is 0 Å². The molecule has 5 nitrogen and oxygen atoms in total. The number of fused-ring (bicyclic) bond motifs is 1. The van der Waals surface area contributed by atoms with Gasteiger partial charge in [0.2, 0.25) is 0 Å². The normalized spacial score (nSPS) is 11.1. The second-order valence-electron chi connectivity index (χ2n) is 8.67. The highest BCUT2D eigenvalue weighted by molar-refractivity contribution is 5.84. The van der Waals surface area contributed by atoms with E-state index >= 15 is 0 Å². The maximum absolute atomic E-state index is 11.6. The largest absolute Gasteiger partial charge is 0.494 e. The van der Waals surface area contributed by atoms with E-state index in [0.717, 1.165) is 59.5 Å². The van der Waals surface area contributed by atoms with E-state index in [2.05, 4.69) is 34.9 Å². The maximum Gasteiger partial charge on any atom is 0.306 e. The van der Waals surface area contributed by atoms with Gasteiger partial charge in [-0.05, 0) is 51.0 Å². The zero-order valence-corrected chi connectivity index (χ0v) is 19.9. The number of hydrogen-bond donors (Lipinski definition) is 0. The van der Waals surface area contributed by atoms with Crippen LogP contribution in [0.15, 0.2) is 78.9 Å². The van der Waals surface area contributed by atoms with Gasteiger partial charge in [-0.2, -0.15) is 0 Å². The number of aromatic nitrogens is 2. The van der Waals surface area contributed by atoms with Crippen LogP contribution >= 0.6 is 0 Å². The standard InChI is InChI=1S/C29H32N2O3/c1-22(2)34-28(32)17-11-3-4-12-20-33-25-18-19-26-27(21-25)31(24-15-9-6-10-16-24)29(30-26)23-13-7-5-8-14-23/h5-10,13-16,18-19,21-22H,3-4,11-12,17,20H2,1-2H3. The van der Waals surface area contributed by atoms with Crippen LogP contribution in [0.4, 0.5) is 0 Å². The molecule has 0 spiro atoms. The fourth-order valence-electron chi connectivity index (χ4n) is 4.00. The lowest BCUT2D eigenvalue weighted by molar-refractivity contribution is -0.147. The molecular weight excluding hydrogens is 424 g/mol. The molecule has 0 fully saturated rings. The Labute approximate surface area is 201 Å². The summed E-state index contributed by atoms with van der Waals surface area (Å²) in [6.07, 6.45) is 4.28. The molecule has 0 aliphatic rings. The predicted octanol–water partition coefficient (Wildman–Crippen LogP) is 6.97. The van der Waals surface area contributed by atoms with Gasteiger partial charge in [-0.15, -0.1) is 0 Å². The van der Waals surface area contributed by atoms with Crippen LogP contribution in [-0.2, 0) is 9.53 Å². The zero-order chi connectivity index (χ0) is 23.8. The van der Waals surface area contributed by atoms with Crippen LogP contribution in [0.5, 0.6) is 5.75 Å². The molecule has 0 unspecified atom stereocenters. The molecule has 4 rings (SSSR count). The van der Waals surface area contributed by atoms with E-state index in [9.17, 15) is 4.79 Å². The van der Waals surface area contributed by atoms with Crippen molar-refractivity contribution in [1.82, 2.24) is 9.55 Å². The van der Waals surface area contributed by atoms with Crippen LogP contribution in [0.2, 0.25) is 0 Å². The predicted molar refractivity (Wildman–Crippen MR) is 136 cm³/mol. The molecule has 3 aromatic carbocycles. The quantitative estimate of drug-likeness (QED) is 0.181. The summed E-state index contributed by atoms with van der Waals surface area (Å²) in [4.78, 5) is 16.5. The summed E-state index contributed by atoms with van der Waals surface area (Å²) >= 11 is 0. The van der Waals surface area contributed by atoms with Crippen molar-refractivity contribution in [2.75, 3.05) is 6.61 Å². The van der Waals surface area contributed by atoms with Crippen molar-refractivity contribution in [1.29, 1.82) is 0 Å². The molecule has 5 heteroatoms. The van der Waals surface area contributed by atoms with E-state index in [4.69, 9.17) is 14.5 Å². The van der Waals surface area contributed by atoms with Crippen molar-refractivity contribution >= 4 is 17.0 Å². The molecule has 4 aromatic rings. The van der Waals surface area contributed by atoms with Gasteiger partial charge in [0.1, 0.15) is 11.6 Å². The smallest absolute Gasteiger partial charge is 0.306 e. The number of esters is 1. The Kier molecular flexibility index (Phi) is 7.97. The monoisotopic (exact) mass is 456 g/mol. The Balaban J connectivity index is 1.42. The highest BCUT2D eigenvalue weighted by atomic mass is 16.5. The van der Waals surface area contributed by atoms with Gasteiger partial charge < -0.3 is 9.47 Å². The van der Waals surface area contributed by atoms with Gasteiger partial charge in [0.15, 0.2) is 0 Å². The lowest BCUT2D eigenvalue weighted by atomic mass is 10.1. The molecule has 0 radical (unpaired) electrons. The first kappa shape index (κ1) is 23.6. The zero-order valence-electron chi connectivity index (χ0n) is 19.9. The Morgan fingerprint density at radius 1 is 0.882 bits per heavy atom. The van der Waals surface area contributed by atoms with Crippen LogP contribution < -0.4 is 4.74 Å². The first-order valence-electron chi connectivity index (χ1n) is 12.1. The third-order valence-electron chi connectivity index (χ3n) is 5.58. The van der Waals surface area contributed by atoms with Gasteiger partial charge in [0, 0.05) is 23.7 Å². The van der Waals surface area contributed by atoms with E-state index in [1.54, 1.807) is 0 Å². The number of imidazole rings is 1. The summed E-state index contributed by atoms with van der Waals surface area (Å²) in [5, 5.41) is 0. The fraction of sp³-hybridized carbons (Fsp3) is 0.310. The Morgan fingerprint density at radius 3 is 2.32 bits per heavy atom. The molecule has 0 bridgehead atoms. The number of carbonyl (C=O) groups excluding carboxylic acids is 1. The number of para-hydroxylation sites is 1. The van der Waals surface area contributed by atoms with E-state index in [1.165, 1.54) is 0 Å². The van der Waals surface area contributed by atoms with Crippen molar-refractivity contribution in [3.63, 3.8) is 0 Å². The van der Waals surface area contributed by atoms with Crippen molar-refractivity contribution in [3.8, 4) is 22.8 Å². The third kappa shape index (κ3) is 6.04. The summed E-state index contributed by atoms with van der Waals surface area (Å²) in [7, 11) is 0. The molecular formula is C29H32N2O3. The average molecular weight is 457 g/mol. The molecule has 0 saturated heterocycles. The minimum atomic E-state index is -0.107. The summed E-state index contributed by atoms with van der Waals surface area (Å²) in [5.41, 5.74) is 4.09. The van der Waals surface area contributed by atoms with Gasteiger partial charge in [-0.3, -0.25) is 9.36 Å². The molecule has 0 aliphatic carbocycles. The molecule has 1 heterocycles. The molecule has 0 N–H and O–H groups in total. The molecule has 1 aromatic heterocycles. The van der Waals surface area contributed by atoms with Crippen LogP contribution in [0, 0.1) is 0 Å². The van der Waals surface area contributed by atoms with Gasteiger partial charge >= 0.3 is 5.97 Å². The van der Waals surface area contributed by atoms with Crippen molar-refractivity contribution < 1.29 is 14.3 Å². The van der Waals surface area contributed by atoms with Crippen molar-refractivity contribution in [2.45, 2.75) is 52.1 Å². The molecule has 0 atom stereocenters. The first-order chi connectivity index (χ1) is 16.6. The van der Waals surface area contributed by atoms with E-state index in [1.807, 2.05) is 62.4 Å². The number of hydrogen-bond acceptors (Lipinski definition) is 4. The van der Waals surface area contributed by atoms with Crippen LogP contribution in [0.1, 0.15) is 46.0 Å². The first-order valence-corrected chi connectivity index (χ1v) is 12.1. The highest BCUT2D eigenvalue weighted by Crippen LogP contribution is 2.30. The second kappa shape index (κ2) is 11.5. The molecule has 0 aliphatic heterocycles. The van der Waals surface area contributed by atoms with Gasteiger partial charge in [0.25, 0.3) is 0 Å². The number of rotatable bonds is 11. The Morgan fingerprint density at radius 2 is 1.59 bits per heavy atom. The topological polar surface area (TPSA) is 53.4 Å². The number of nitrogens with zero attached hydrogens (tertiary/aromatic N) is 2. The SMILES string of the molecule is CC(C)OC(=O)CCCCCCOc1ccc2nc(-c3ccccc3)n(-c3ccccc3)c2c1. The summed E-state index contributed by atoms with van der Waals surface area (Å²) in [5.74, 6) is 1.64. The van der Waals surface area contributed by atoms with E-state index in [-0.39, 0.29) is 12.1 Å². The number of ether oxygens (including phenoxy) is 2. The number of carbonyl (C=O) groups is 1. The van der Waals surface area contributed by atoms with Gasteiger partial charge in [-0.25, -0.2) is 4.98 Å². The third-order valence-corrected chi connectivity index (χ3v) is 5.58. The molecule has 0 saturated carbocycles. The maximum atomic E-state index is 11.6. The fourth-order valence-corrected chi connectivity index (χ4v) is 4.00. The minimum Gasteiger partial charge on any atom is -0.494 e. The van der Waals surface area contributed by atoms with Gasteiger partial charge in [0.05, 0.1) is 23.7 Å². The minimum absolute atomic E-state index is 0.0415. The van der Waals surface area contributed by atoms with Crippen LogP contribution in [0.3, 0.4) is 0 Å². The van der Waals surface area contributed by atoms with Crippen LogP contribution in [0.25, 0.3) is 28.1 Å². The van der Waals surface area contributed by atoms with Gasteiger partial charge in [-0.1, -0.05) is 61.4 Å². The summed E-state index contributed by atoms with van der Waals surface area (Å²) in [6.45, 7) is 4.40. The van der Waals surface area contributed by atoms with Crippen molar-refractivity contribution in [3.05, 3.63) is 78.9 Å². The summed E-state index contributed by atoms with van der Waals surface area (Å²) < 4.78 is 13.4.